The van der Waals surface area contributed by atoms with Crippen LogP contribution in [0.5, 0.6) is 0 Å². The lowest BCUT2D eigenvalue weighted by atomic mass is 10.1. The monoisotopic (exact) mass is 433 g/mol. The molecule has 32 heavy (non-hydrogen) atoms. The summed E-state index contributed by atoms with van der Waals surface area (Å²) < 4.78 is 6.86. The zero-order chi connectivity index (χ0) is 23.3. The molecular formula is C26H31N3O3. The van der Waals surface area contributed by atoms with Crippen LogP contribution in [-0.2, 0) is 11.2 Å². The van der Waals surface area contributed by atoms with Gasteiger partial charge in [-0.2, -0.15) is 5.10 Å². The Balaban J connectivity index is 1.96. The second kappa shape index (κ2) is 10.3. The van der Waals surface area contributed by atoms with Crippen LogP contribution < -0.4 is 5.32 Å². The molecular weight excluding hydrogens is 402 g/mol. The maximum atomic E-state index is 12.5. The van der Waals surface area contributed by atoms with E-state index in [4.69, 9.17) is 4.74 Å². The maximum Gasteiger partial charge on any atom is 0.358 e. The summed E-state index contributed by atoms with van der Waals surface area (Å²) in [4.78, 5) is 24.9. The Bertz CT molecular complexity index is 1070. The quantitative estimate of drug-likeness (QED) is 0.505. The molecule has 2 aromatic carbocycles. The van der Waals surface area contributed by atoms with Gasteiger partial charge in [-0.3, -0.25) is 4.79 Å². The molecule has 0 fully saturated rings. The van der Waals surface area contributed by atoms with E-state index in [-0.39, 0.29) is 24.2 Å². The van der Waals surface area contributed by atoms with Crippen LogP contribution in [0.3, 0.4) is 0 Å². The number of carbonyl (C=O) groups is 2. The Hall–Kier alpha value is -3.41. The molecule has 6 nitrogen and oxygen atoms in total. The number of rotatable bonds is 8. The van der Waals surface area contributed by atoms with Crippen LogP contribution in [0.1, 0.15) is 61.0 Å². The average molecular weight is 434 g/mol. The highest BCUT2D eigenvalue weighted by molar-refractivity contribution is 5.94. The zero-order valence-corrected chi connectivity index (χ0v) is 19.4. The average Bonchev–Trinajstić information content (AvgIpc) is 3.25. The first-order valence-electron chi connectivity index (χ1n) is 11.1. The van der Waals surface area contributed by atoms with Crippen molar-refractivity contribution in [1.82, 2.24) is 15.1 Å². The molecule has 0 radical (unpaired) electrons. The number of nitrogens with zero attached hydrogens (tertiary/aromatic N) is 2. The summed E-state index contributed by atoms with van der Waals surface area (Å²) in [6, 6.07) is 17.2. The molecule has 0 bridgehead atoms. The first-order chi connectivity index (χ1) is 15.3. The van der Waals surface area contributed by atoms with Gasteiger partial charge in [0.05, 0.1) is 18.0 Å². The van der Waals surface area contributed by atoms with Gasteiger partial charge in [0.2, 0.25) is 0 Å². The Morgan fingerprint density at radius 2 is 1.66 bits per heavy atom. The molecule has 3 aromatic rings. The minimum Gasteiger partial charge on any atom is -0.461 e. The smallest absolute Gasteiger partial charge is 0.358 e. The molecule has 1 N–H and O–H groups in total. The third-order valence-electron chi connectivity index (χ3n) is 5.58. The normalized spacial score (nSPS) is 11.9. The molecule has 1 unspecified atom stereocenters. The van der Waals surface area contributed by atoms with Crippen molar-refractivity contribution in [1.29, 1.82) is 0 Å². The summed E-state index contributed by atoms with van der Waals surface area (Å²) >= 11 is 0. The highest BCUT2D eigenvalue weighted by Gasteiger charge is 2.18. The lowest BCUT2D eigenvalue weighted by Crippen LogP contribution is -2.36. The Morgan fingerprint density at radius 3 is 2.22 bits per heavy atom. The summed E-state index contributed by atoms with van der Waals surface area (Å²) in [6.07, 6.45) is 0.951. The lowest BCUT2D eigenvalue weighted by molar-refractivity contribution is 0.0518. The van der Waals surface area contributed by atoms with E-state index in [2.05, 4.69) is 43.3 Å². The van der Waals surface area contributed by atoms with Crippen LogP contribution in [0, 0.1) is 5.92 Å². The van der Waals surface area contributed by atoms with Gasteiger partial charge in [0.1, 0.15) is 0 Å². The van der Waals surface area contributed by atoms with E-state index in [1.54, 1.807) is 29.8 Å². The topological polar surface area (TPSA) is 73.2 Å². The first-order valence-corrected chi connectivity index (χ1v) is 11.1. The standard InChI is InChI=1S/C26H31N3O3/c1-6-19-8-10-20(11-9-19)24-16-23(26(31)32-7-2)28-29(24)22-14-12-21(13-15-22)25(30)27-18(5)17(3)4/h8-18H,6-7H2,1-5H3,(H,27,30). The summed E-state index contributed by atoms with van der Waals surface area (Å²) in [5.74, 6) is -0.220. The van der Waals surface area contributed by atoms with Crippen LogP contribution in [-0.4, -0.2) is 34.3 Å². The van der Waals surface area contributed by atoms with E-state index in [1.165, 1.54) is 5.56 Å². The maximum absolute atomic E-state index is 12.5. The number of carbonyl (C=O) groups excluding carboxylic acids is 2. The molecule has 0 saturated heterocycles. The number of hydrogen-bond donors (Lipinski definition) is 1. The third-order valence-corrected chi connectivity index (χ3v) is 5.58. The van der Waals surface area contributed by atoms with Crippen LogP contribution in [0.15, 0.2) is 54.6 Å². The van der Waals surface area contributed by atoms with Gasteiger partial charge in [-0.15, -0.1) is 0 Å². The molecule has 0 aliphatic heterocycles. The molecule has 1 amide bonds. The fraction of sp³-hybridized carbons (Fsp3) is 0.346. The van der Waals surface area contributed by atoms with Crippen molar-refractivity contribution in [2.45, 2.75) is 47.1 Å². The minimum absolute atomic E-state index is 0.0816. The van der Waals surface area contributed by atoms with E-state index >= 15 is 0 Å². The second-order valence-corrected chi connectivity index (χ2v) is 8.15. The van der Waals surface area contributed by atoms with Crippen molar-refractivity contribution >= 4 is 11.9 Å². The van der Waals surface area contributed by atoms with Gasteiger partial charge in [0.25, 0.3) is 5.91 Å². The van der Waals surface area contributed by atoms with Gasteiger partial charge in [-0.05, 0) is 62.1 Å². The highest BCUT2D eigenvalue weighted by atomic mass is 16.5. The summed E-state index contributed by atoms with van der Waals surface area (Å²) in [7, 11) is 0. The Morgan fingerprint density at radius 1 is 1.00 bits per heavy atom. The van der Waals surface area contributed by atoms with Gasteiger partial charge >= 0.3 is 5.97 Å². The number of amides is 1. The molecule has 1 atom stereocenters. The van der Waals surface area contributed by atoms with E-state index in [9.17, 15) is 9.59 Å². The number of aromatic nitrogens is 2. The molecule has 0 aliphatic carbocycles. The largest absolute Gasteiger partial charge is 0.461 e. The molecule has 3 rings (SSSR count). The van der Waals surface area contributed by atoms with Crippen LogP contribution in [0.4, 0.5) is 0 Å². The van der Waals surface area contributed by atoms with Crippen molar-refractivity contribution in [2.75, 3.05) is 6.61 Å². The number of hydrogen-bond acceptors (Lipinski definition) is 4. The molecule has 168 valence electrons. The van der Waals surface area contributed by atoms with Crippen molar-refractivity contribution in [3.8, 4) is 16.9 Å². The molecule has 0 saturated carbocycles. The first kappa shape index (κ1) is 23.3. The Labute approximate surface area is 189 Å². The van der Waals surface area contributed by atoms with Gasteiger partial charge in [0, 0.05) is 17.2 Å². The van der Waals surface area contributed by atoms with Crippen molar-refractivity contribution in [2.24, 2.45) is 5.92 Å². The predicted octanol–water partition coefficient (Wildman–Crippen LogP) is 5.05. The summed E-state index contributed by atoms with van der Waals surface area (Å²) in [6.45, 7) is 10.3. The summed E-state index contributed by atoms with van der Waals surface area (Å²) in [5, 5.41) is 7.52. The Kier molecular flexibility index (Phi) is 7.46. The van der Waals surface area contributed by atoms with E-state index in [1.807, 2.05) is 31.2 Å². The highest BCUT2D eigenvalue weighted by Crippen LogP contribution is 2.25. The van der Waals surface area contributed by atoms with Crippen molar-refractivity contribution in [3.63, 3.8) is 0 Å². The predicted molar refractivity (Wildman–Crippen MR) is 126 cm³/mol. The second-order valence-electron chi connectivity index (χ2n) is 8.15. The zero-order valence-electron chi connectivity index (χ0n) is 19.4. The third kappa shape index (κ3) is 5.25. The SMILES string of the molecule is CCOC(=O)c1cc(-c2ccc(CC)cc2)n(-c2ccc(C(=O)NC(C)C(C)C)cc2)n1. The summed E-state index contributed by atoms with van der Waals surface area (Å²) in [5.41, 5.74) is 4.53. The fourth-order valence-corrected chi connectivity index (χ4v) is 3.21. The molecule has 0 spiro atoms. The molecule has 0 aliphatic rings. The molecule has 1 aromatic heterocycles. The number of ether oxygens (including phenoxy) is 1. The van der Waals surface area contributed by atoms with Crippen molar-refractivity contribution in [3.05, 3.63) is 71.4 Å². The number of esters is 1. The van der Waals surface area contributed by atoms with Crippen LogP contribution >= 0.6 is 0 Å². The molecule has 1 heterocycles. The number of nitrogens with one attached hydrogen (secondary N) is 1. The van der Waals surface area contributed by atoms with E-state index < -0.39 is 5.97 Å². The minimum atomic E-state index is -0.462. The van der Waals surface area contributed by atoms with E-state index in [0.717, 1.165) is 23.4 Å². The van der Waals surface area contributed by atoms with Gasteiger partial charge in [0.15, 0.2) is 5.69 Å². The lowest BCUT2D eigenvalue weighted by Gasteiger charge is -2.17. The number of benzene rings is 2. The van der Waals surface area contributed by atoms with Gasteiger partial charge in [-0.1, -0.05) is 45.0 Å². The molecule has 6 heteroatoms. The van der Waals surface area contributed by atoms with Gasteiger partial charge in [-0.25, -0.2) is 9.48 Å². The van der Waals surface area contributed by atoms with Crippen LogP contribution in [0.2, 0.25) is 0 Å². The van der Waals surface area contributed by atoms with Crippen LogP contribution in [0.25, 0.3) is 16.9 Å². The van der Waals surface area contributed by atoms with E-state index in [0.29, 0.717) is 11.5 Å². The van der Waals surface area contributed by atoms with Gasteiger partial charge < -0.3 is 10.1 Å². The fourth-order valence-electron chi connectivity index (χ4n) is 3.21. The van der Waals surface area contributed by atoms with Crippen molar-refractivity contribution < 1.29 is 14.3 Å². The number of aryl methyl sites for hydroxylation is 1.